The van der Waals surface area contributed by atoms with Crippen LogP contribution in [0.25, 0.3) is 0 Å². The van der Waals surface area contributed by atoms with Crippen molar-refractivity contribution in [2.75, 3.05) is 36.4 Å². The number of hydrogen-bond acceptors (Lipinski definition) is 6. The van der Waals surface area contributed by atoms with Gasteiger partial charge < -0.3 is 25.5 Å². The number of carboxylic acids is 1. The van der Waals surface area contributed by atoms with Gasteiger partial charge in [-0.05, 0) is 60.4 Å². The molecule has 234 valence electrons. The van der Waals surface area contributed by atoms with E-state index in [9.17, 15) is 24.3 Å². The topological polar surface area (TPSA) is 143 Å². The minimum atomic E-state index is -1.04. The van der Waals surface area contributed by atoms with E-state index in [0.717, 1.165) is 11.3 Å². The van der Waals surface area contributed by atoms with Crippen LogP contribution in [0.4, 0.5) is 11.4 Å². The number of rotatable bonds is 9. The lowest BCUT2D eigenvalue weighted by molar-refractivity contribution is -0.137. The second kappa shape index (κ2) is 14.1. The first-order valence-electron chi connectivity index (χ1n) is 14.9. The summed E-state index contributed by atoms with van der Waals surface area (Å²) in [5, 5.41) is 24.4. The van der Waals surface area contributed by atoms with Gasteiger partial charge in [-0.2, -0.15) is 5.26 Å². The lowest BCUT2D eigenvalue weighted by Gasteiger charge is -2.37. The Bertz CT molecular complexity index is 1600. The van der Waals surface area contributed by atoms with Crippen LogP contribution in [-0.2, 0) is 9.59 Å². The smallest absolute Gasteiger partial charge is 0.305 e. The largest absolute Gasteiger partial charge is 0.481 e. The Morgan fingerprint density at radius 1 is 0.911 bits per heavy atom. The zero-order chi connectivity index (χ0) is 32.7. The fraction of sp³-hybridized carbons (Fsp3) is 0.343. The number of carbonyl (C=O) groups is 4. The highest BCUT2D eigenvalue weighted by Gasteiger charge is 2.26. The van der Waals surface area contributed by atoms with Gasteiger partial charge in [-0.25, -0.2) is 0 Å². The molecule has 0 radical (unpaired) electrons. The fourth-order valence-electron chi connectivity index (χ4n) is 5.22. The average molecular weight is 610 g/mol. The molecule has 3 aromatic carbocycles. The van der Waals surface area contributed by atoms with E-state index in [4.69, 9.17) is 5.26 Å². The third-order valence-electron chi connectivity index (χ3n) is 7.56. The molecule has 1 saturated heterocycles. The summed E-state index contributed by atoms with van der Waals surface area (Å²) in [5.74, 6) is -1.81. The van der Waals surface area contributed by atoms with Gasteiger partial charge in [-0.1, -0.05) is 50.6 Å². The summed E-state index contributed by atoms with van der Waals surface area (Å²) < 4.78 is 0. The second-order valence-electron chi connectivity index (χ2n) is 12.5. The molecule has 3 amide bonds. The number of amides is 3. The molecule has 1 aliphatic rings. The van der Waals surface area contributed by atoms with Gasteiger partial charge in [-0.15, -0.1) is 0 Å². The maximum Gasteiger partial charge on any atom is 0.305 e. The number of piperazine rings is 1. The van der Waals surface area contributed by atoms with E-state index in [0.29, 0.717) is 48.6 Å². The summed E-state index contributed by atoms with van der Waals surface area (Å²) in [6, 6.07) is 20.3. The fourth-order valence-corrected chi connectivity index (χ4v) is 5.22. The number of carboxylic acid groups (broad SMARTS) is 1. The predicted octanol–water partition coefficient (Wildman–Crippen LogP) is 5.15. The molecule has 4 rings (SSSR count). The Morgan fingerprint density at radius 2 is 1.53 bits per heavy atom. The Balaban J connectivity index is 1.55. The van der Waals surface area contributed by atoms with E-state index in [2.05, 4.69) is 21.6 Å². The summed E-state index contributed by atoms with van der Waals surface area (Å²) in [6.45, 7) is 9.74. The number of anilines is 2. The Kier molecular flexibility index (Phi) is 10.2. The van der Waals surface area contributed by atoms with E-state index >= 15 is 0 Å². The normalized spacial score (nSPS) is 13.8. The molecule has 1 unspecified atom stereocenters. The Morgan fingerprint density at radius 3 is 2.11 bits per heavy atom. The Labute approximate surface area is 263 Å². The number of hydrogen-bond donors (Lipinski definition) is 3. The lowest BCUT2D eigenvalue weighted by atomic mass is 9.92. The molecular weight excluding hydrogens is 570 g/mol. The van der Waals surface area contributed by atoms with Gasteiger partial charge in [0.2, 0.25) is 5.91 Å². The van der Waals surface area contributed by atoms with Crippen molar-refractivity contribution in [3.05, 3.63) is 94.5 Å². The molecule has 0 bridgehead atoms. The maximum absolute atomic E-state index is 13.4. The number of nitriles is 1. The lowest BCUT2D eigenvalue weighted by Crippen LogP contribution is -2.49. The third kappa shape index (κ3) is 8.92. The average Bonchev–Trinajstić information content (AvgIpc) is 2.99. The standard InChI is InChI=1S/C35H39N5O5/c1-23-5-9-25(10-6-23)28(20-32(42)43)38-33(44)27-13-14-30(29(19-27)37-31(41)21-35(2,3)4)39-15-17-40(18-16-39)34(45)26-11-7-24(22-36)8-12-26/h5-14,19,28H,15-18,20-21H2,1-4H3,(H,37,41)(H,38,44)(H,42,43). The highest BCUT2D eigenvalue weighted by Crippen LogP contribution is 2.30. The first kappa shape index (κ1) is 32.7. The van der Waals surface area contributed by atoms with Crippen molar-refractivity contribution in [1.82, 2.24) is 10.2 Å². The van der Waals surface area contributed by atoms with Crippen molar-refractivity contribution in [2.24, 2.45) is 5.41 Å². The molecule has 0 aromatic heterocycles. The molecule has 1 atom stereocenters. The molecule has 10 nitrogen and oxygen atoms in total. The van der Waals surface area contributed by atoms with Crippen LogP contribution in [0.3, 0.4) is 0 Å². The van der Waals surface area contributed by atoms with Crippen molar-refractivity contribution >= 4 is 35.1 Å². The van der Waals surface area contributed by atoms with Crippen LogP contribution in [0, 0.1) is 23.7 Å². The van der Waals surface area contributed by atoms with E-state index < -0.39 is 17.9 Å². The van der Waals surface area contributed by atoms with Crippen molar-refractivity contribution in [3.8, 4) is 6.07 Å². The molecule has 3 N–H and O–H groups in total. The van der Waals surface area contributed by atoms with Gasteiger partial charge >= 0.3 is 5.97 Å². The van der Waals surface area contributed by atoms with Crippen molar-refractivity contribution in [2.45, 2.75) is 46.6 Å². The first-order valence-corrected chi connectivity index (χ1v) is 14.9. The number of nitrogens with zero attached hydrogens (tertiary/aromatic N) is 3. The minimum Gasteiger partial charge on any atom is -0.481 e. The number of carbonyl (C=O) groups excluding carboxylic acids is 3. The highest BCUT2D eigenvalue weighted by atomic mass is 16.4. The summed E-state index contributed by atoms with van der Waals surface area (Å²) in [4.78, 5) is 55.0. The molecule has 10 heteroatoms. The molecule has 1 fully saturated rings. The van der Waals surface area contributed by atoms with Gasteiger partial charge in [0, 0.05) is 43.7 Å². The van der Waals surface area contributed by atoms with Gasteiger partial charge in [-0.3, -0.25) is 19.2 Å². The molecule has 0 saturated carbocycles. The monoisotopic (exact) mass is 609 g/mol. The zero-order valence-corrected chi connectivity index (χ0v) is 26.1. The van der Waals surface area contributed by atoms with Crippen LogP contribution in [0.5, 0.6) is 0 Å². The second-order valence-corrected chi connectivity index (χ2v) is 12.5. The first-order chi connectivity index (χ1) is 21.3. The number of aryl methyl sites for hydroxylation is 1. The van der Waals surface area contributed by atoms with Gasteiger partial charge in [0.1, 0.15) is 0 Å². The summed E-state index contributed by atoms with van der Waals surface area (Å²) in [7, 11) is 0. The molecule has 3 aromatic rings. The van der Waals surface area contributed by atoms with E-state index in [1.165, 1.54) is 0 Å². The Hall–Kier alpha value is -5.17. The van der Waals surface area contributed by atoms with Gasteiger partial charge in [0.05, 0.1) is 35.5 Å². The van der Waals surface area contributed by atoms with Crippen LogP contribution in [0.2, 0.25) is 0 Å². The van der Waals surface area contributed by atoms with Crippen molar-refractivity contribution < 1.29 is 24.3 Å². The molecular formula is C35H39N5O5. The van der Waals surface area contributed by atoms with Crippen LogP contribution in [0.15, 0.2) is 66.7 Å². The quantitative estimate of drug-likeness (QED) is 0.305. The third-order valence-corrected chi connectivity index (χ3v) is 7.56. The van der Waals surface area contributed by atoms with Gasteiger partial charge in [0.15, 0.2) is 0 Å². The van der Waals surface area contributed by atoms with Crippen molar-refractivity contribution in [3.63, 3.8) is 0 Å². The van der Waals surface area contributed by atoms with Crippen LogP contribution in [0.1, 0.15) is 77.1 Å². The number of benzene rings is 3. The molecule has 0 aliphatic carbocycles. The SMILES string of the molecule is Cc1ccc(C(CC(=O)O)NC(=O)c2ccc(N3CCN(C(=O)c4ccc(C#N)cc4)CC3)c(NC(=O)CC(C)(C)C)c2)cc1. The van der Waals surface area contributed by atoms with Crippen LogP contribution < -0.4 is 15.5 Å². The van der Waals surface area contributed by atoms with Crippen molar-refractivity contribution in [1.29, 1.82) is 5.26 Å². The predicted molar refractivity (Wildman–Crippen MR) is 172 cm³/mol. The summed E-state index contributed by atoms with van der Waals surface area (Å²) >= 11 is 0. The minimum absolute atomic E-state index is 0.116. The van der Waals surface area contributed by atoms with E-state index in [1.54, 1.807) is 59.5 Å². The zero-order valence-electron chi connectivity index (χ0n) is 26.1. The van der Waals surface area contributed by atoms with Gasteiger partial charge in [0.25, 0.3) is 11.8 Å². The number of nitrogens with one attached hydrogen (secondary N) is 2. The van der Waals surface area contributed by atoms with E-state index in [-0.39, 0.29) is 35.6 Å². The molecule has 0 spiro atoms. The summed E-state index contributed by atoms with van der Waals surface area (Å²) in [5.41, 5.74) is 3.91. The molecule has 1 heterocycles. The summed E-state index contributed by atoms with van der Waals surface area (Å²) in [6.07, 6.45) is -0.0165. The molecule has 45 heavy (non-hydrogen) atoms. The highest BCUT2D eigenvalue weighted by molar-refractivity contribution is 6.00. The van der Waals surface area contributed by atoms with Crippen LogP contribution >= 0.6 is 0 Å². The molecule has 1 aliphatic heterocycles. The van der Waals surface area contributed by atoms with Crippen LogP contribution in [-0.4, -0.2) is 59.9 Å². The maximum atomic E-state index is 13.4. The number of aliphatic carboxylic acids is 1. The van der Waals surface area contributed by atoms with E-state index in [1.807, 2.05) is 39.8 Å².